The Labute approximate surface area is 149 Å². The quantitative estimate of drug-likeness (QED) is 0.864. The van der Waals surface area contributed by atoms with Crippen molar-refractivity contribution in [1.29, 1.82) is 0 Å². The number of aryl methyl sites for hydroxylation is 2. The Hall–Kier alpha value is -2.51. The average molecular weight is 367 g/mol. The van der Waals surface area contributed by atoms with Crippen molar-refractivity contribution in [2.45, 2.75) is 39.3 Å². The Kier molecular flexibility index (Phi) is 4.93. The van der Waals surface area contributed by atoms with Crippen molar-refractivity contribution >= 4 is 17.3 Å². The van der Waals surface area contributed by atoms with Crippen molar-refractivity contribution in [3.05, 3.63) is 40.8 Å². The van der Waals surface area contributed by atoms with Gasteiger partial charge in [0, 0.05) is 13.1 Å². The number of carbonyl (C=O) groups is 1. The highest BCUT2D eigenvalue weighted by Crippen LogP contribution is 2.36. The first-order valence-corrected chi connectivity index (χ1v) is 8.48. The average Bonchev–Trinajstić information content (AvgIpc) is 2.93. The highest BCUT2D eigenvalue weighted by molar-refractivity contribution is 6.07. The summed E-state index contributed by atoms with van der Waals surface area (Å²) in [5.41, 5.74) is 0.579. The minimum Gasteiger partial charge on any atom is -0.370 e. The predicted octanol–water partition coefficient (Wildman–Crippen LogP) is 4.55. The fraction of sp³-hybridized carbons (Fsp3) is 0.444. The Balaban J connectivity index is 1.97. The summed E-state index contributed by atoms with van der Waals surface area (Å²) in [6, 6.07) is 3.46. The summed E-state index contributed by atoms with van der Waals surface area (Å²) >= 11 is 0. The zero-order chi connectivity index (χ0) is 18.9. The molecule has 1 aromatic carbocycles. The molecule has 2 aromatic rings. The van der Waals surface area contributed by atoms with E-state index in [1.54, 1.807) is 13.8 Å². The summed E-state index contributed by atoms with van der Waals surface area (Å²) in [6.45, 7) is 4.70. The molecular formula is C18H20F3N3O2. The summed E-state index contributed by atoms with van der Waals surface area (Å²) in [7, 11) is 0. The molecule has 0 aliphatic carbocycles. The van der Waals surface area contributed by atoms with Gasteiger partial charge in [0.1, 0.15) is 11.3 Å². The second kappa shape index (κ2) is 7.01. The van der Waals surface area contributed by atoms with Crippen molar-refractivity contribution in [3.8, 4) is 0 Å². The van der Waals surface area contributed by atoms with Crippen LogP contribution in [-0.2, 0) is 6.18 Å². The Bertz CT molecular complexity index is 789. The van der Waals surface area contributed by atoms with Crippen LogP contribution in [0.5, 0.6) is 0 Å². The lowest BCUT2D eigenvalue weighted by molar-refractivity contribution is -0.137. The van der Waals surface area contributed by atoms with Gasteiger partial charge >= 0.3 is 6.18 Å². The number of rotatable bonds is 3. The first-order valence-electron chi connectivity index (χ1n) is 8.48. The monoisotopic (exact) mass is 367 g/mol. The molecule has 26 heavy (non-hydrogen) atoms. The van der Waals surface area contributed by atoms with E-state index in [0.717, 1.165) is 44.5 Å². The van der Waals surface area contributed by atoms with Crippen molar-refractivity contribution in [3.63, 3.8) is 0 Å². The van der Waals surface area contributed by atoms with Crippen molar-refractivity contribution < 1.29 is 22.5 Å². The molecule has 140 valence electrons. The minimum absolute atomic E-state index is 0.145. The second-order valence-corrected chi connectivity index (χ2v) is 6.43. The van der Waals surface area contributed by atoms with Gasteiger partial charge in [-0.05, 0) is 51.3 Å². The number of hydrogen-bond acceptors (Lipinski definition) is 4. The maximum Gasteiger partial charge on any atom is 0.416 e. The molecule has 8 heteroatoms. The Morgan fingerprint density at radius 3 is 2.46 bits per heavy atom. The van der Waals surface area contributed by atoms with Gasteiger partial charge in [0.2, 0.25) is 0 Å². The van der Waals surface area contributed by atoms with Crippen LogP contribution in [0, 0.1) is 13.8 Å². The maximum atomic E-state index is 13.1. The molecule has 2 heterocycles. The van der Waals surface area contributed by atoms with Crippen molar-refractivity contribution in [2.75, 3.05) is 23.3 Å². The summed E-state index contributed by atoms with van der Waals surface area (Å²) in [6.07, 6.45) is -1.45. The number of anilines is 2. The van der Waals surface area contributed by atoms with Crippen LogP contribution in [0.2, 0.25) is 0 Å². The van der Waals surface area contributed by atoms with Gasteiger partial charge in [-0.3, -0.25) is 4.79 Å². The van der Waals surface area contributed by atoms with Crippen LogP contribution < -0.4 is 10.2 Å². The van der Waals surface area contributed by atoms with Gasteiger partial charge in [-0.2, -0.15) is 13.2 Å². The summed E-state index contributed by atoms with van der Waals surface area (Å²) in [5.74, 6) is -0.203. The Morgan fingerprint density at radius 2 is 1.88 bits per heavy atom. The zero-order valence-corrected chi connectivity index (χ0v) is 14.6. The molecule has 0 unspecified atom stereocenters. The zero-order valence-electron chi connectivity index (χ0n) is 14.6. The largest absolute Gasteiger partial charge is 0.416 e. The molecule has 0 saturated carbocycles. The van der Waals surface area contributed by atoms with E-state index in [0.29, 0.717) is 17.1 Å². The molecule has 0 radical (unpaired) electrons. The number of halogens is 3. The van der Waals surface area contributed by atoms with Crippen molar-refractivity contribution in [2.24, 2.45) is 0 Å². The number of benzene rings is 1. The van der Waals surface area contributed by atoms with Gasteiger partial charge in [0.15, 0.2) is 0 Å². The molecular weight excluding hydrogens is 347 g/mol. The number of aromatic nitrogens is 1. The molecule has 3 rings (SSSR count). The van der Waals surface area contributed by atoms with Gasteiger partial charge in [0.25, 0.3) is 5.91 Å². The second-order valence-electron chi connectivity index (χ2n) is 6.43. The van der Waals surface area contributed by atoms with Crippen molar-refractivity contribution in [1.82, 2.24) is 5.16 Å². The molecule has 1 aromatic heterocycles. The van der Waals surface area contributed by atoms with Crippen LogP contribution in [0.3, 0.4) is 0 Å². The Morgan fingerprint density at radius 1 is 1.19 bits per heavy atom. The third-order valence-electron chi connectivity index (χ3n) is 4.53. The molecule has 0 atom stereocenters. The van der Waals surface area contributed by atoms with Gasteiger partial charge in [-0.15, -0.1) is 0 Å². The van der Waals surface area contributed by atoms with E-state index >= 15 is 0 Å². The van der Waals surface area contributed by atoms with E-state index < -0.39 is 17.6 Å². The molecule has 5 nitrogen and oxygen atoms in total. The lowest BCUT2D eigenvalue weighted by Gasteiger charge is -2.31. The van der Waals surface area contributed by atoms with E-state index in [4.69, 9.17) is 4.52 Å². The highest BCUT2D eigenvalue weighted by Gasteiger charge is 2.32. The lowest BCUT2D eigenvalue weighted by atomic mass is 10.1. The third kappa shape index (κ3) is 3.68. The number of amides is 1. The van der Waals surface area contributed by atoms with Crippen LogP contribution in [0.4, 0.5) is 24.5 Å². The van der Waals surface area contributed by atoms with Gasteiger partial charge in [0.05, 0.1) is 22.6 Å². The summed E-state index contributed by atoms with van der Waals surface area (Å²) in [5, 5.41) is 6.35. The molecule has 1 saturated heterocycles. The molecule has 1 aliphatic heterocycles. The maximum absolute atomic E-state index is 13.1. The van der Waals surface area contributed by atoms with E-state index in [1.165, 1.54) is 6.07 Å². The third-order valence-corrected chi connectivity index (χ3v) is 4.53. The van der Waals surface area contributed by atoms with Crippen LogP contribution in [-0.4, -0.2) is 24.2 Å². The normalized spacial score (nSPS) is 15.2. The summed E-state index contributed by atoms with van der Waals surface area (Å²) in [4.78, 5) is 14.6. The molecule has 0 bridgehead atoms. The molecule has 0 spiro atoms. The topological polar surface area (TPSA) is 58.4 Å². The number of nitrogens with zero attached hydrogens (tertiary/aromatic N) is 2. The SMILES string of the molecule is Cc1noc(C)c1C(=O)Nc1cc(C(F)(F)F)ccc1N1CCCCC1. The van der Waals surface area contributed by atoms with Crippen LogP contribution in [0.15, 0.2) is 22.7 Å². The highest BCUT2D eigenvalue weighted by atomic mass is 19.4. The number of carbonyl (C=O) groups excluding carboxylic acids is 1. The standard InChI is InChI=1S/C18H20F3N3O2/c1-11-16(12(2)26-23-11)17(25)22-14-10-13(18(19,20)21)6-7-15(14)24-8-4-3-5-9-24/h6-7,10H,3-5,8-9H2,1-2H3,(H,22,25). The first kappa shape index (κ1) is 18.3. The van der Waals surface area contributed by atoms with Gasteiger partial charge < -0.3 is 14.7 Å². The number of alkyl halides is 3. The van der Waals surface area contributed by atoms with E-state index in [2.05, 4.69) is 10.5 Å². The molecule has 1 aliphatic rings. The molecule has 1 fully saturated rings. The predicted molar refractivity (Wildman–Crippen MR) is 91.4 cm³/mol. The molecule has 1 N–H and O–H groups in total. The number of piperidine rings is 1. The lowest BCUT2D eigenvalue weighted by Crippen LogP contribution is -2.30. The summed E-state index contributed by atoms with van der Waals surface area (Å²) < 4.78 is 44.4. The minimum atomic E-state index is -4.48. The fourth-order valence-electron chi connectivity index (χ4n) is 3.22. The van der Waals surface area contributed by atoms with E-state index in [-0.39, 0.29) is 11.3 Å². The first-order chi connectivity index (χ1) is 12.3. The van der Waals surface area contributed by atoms with Gasteiger partial charge in [-0.1, -0.05) is 5.16 Å². The van der Waals surface area contributed by atoms with Gasteiger partial charge in [-0.25, -0.2) is 0 Å². The number of hydrogen-bond donors (Lipinski definition) is 1. The smallest absolute Gasteiger partial charge is 0.370 e. The molecule has 1 amide bonds. The van der Waals surface area contributed by atoms with Crippen LogP contribution >= 0.6 is 0 Å². The van der Waals surface area contributed by atoms with E-state index in [9.17, 15) is 18.0 Å². The van der Waals surface area contributed by atoms with E-state index in [1.807, 2.05) is 4.90 Å². The van der Waals surface area contributed by atoms with Crippen LogP contribution in [0.1, 0.15) is 46.6 Å². The fourth-order valence-corrected chi connectivity index (χ4v) is 3.22. The number of nitrogens with one attached hydrogen (secondary N) is 1. The van der Waals surface area contributed by atoms with Crippen LogP contribution in [0.25, 0.3) is 0 Å².